The van der Waals surface area contributed by atoms with E-state index in [1.807, 2.05) is 194 Å². The maximum absolute atomic E-state index is 10.5. The average molecular weight is 2250 g/mol. The second-order valence-corrected chi connectivity index (χ2v) is 26.0. The van der Waals surface area contributed by atoms with Gasteiger partial charge in [-0.3, -0.25) is 0 Å². The Morgan fingerprint density at radius 3 is 0.461 bits per heavy atom. The summed E-state index contributed by atoms with van der Waals surface area (Å²) in [4.78, 5) is 58.8. The summed E-state index contributed by atoms with van der Waals surface area (Å²) in [5.41, 5.74) is 6.65. The molecule has 0 saturated carbocycles. The molecule has 0 aliphatic carbocycles. The Morgan fingerprint density at radius 2 is 0.352 bits per heavy atom. The number of carboxylic acids is 4. The van der Waals surface area contributed by atoms with Crippen molar-refractivity contribution in [1.82, 2.24) is 0 Å². The maximum Gasteiger partial charge on any atom is 2.00 e. The van der Waals surface area contributed by atoms with E-state index < -0.39 is 48.3 Å². The van der Waals surface area contributed by atoms with Gasteiger partial charge in [0, 0.05) is 0 Å². The zero-order valence-corrected chi connectivity index (χ0v) is 85.0. The fourth-order valence-corrected chi connectivity index (χ4v) is 8.20. The molecule has 0 aliphatic heterocycles. The Morgan fingerprint density at radius 1 is 0.242 bits per heavy atom. The van der Waals surface area contributed by atoms with Crippen molar-refractivity contribution in [1.29, 1.82) is 0 Å². The molecule has 0 bridgehead atoms. The summed E-state index contributed by atoms with van der Waals surface area (Å²) < 4.78 is 60.8. The normalized spacial score (nSPS) is 10.5. The molecular weight excluding hydrogens is 2160 g/mol. The topological polar surface area (TPSA) is 377 Å². The van der Waals surface area contributed by atoms with Crippen LogP contribution < -0.4 is 77.3 Å². The van der Waals surface area contributed by atoms with Crippen LogP contribution in [0.3, 0.4) is 0 Å². The number of methoxy groups -OCH3 is 8. The molecule has 684 valence electrons. The number of benzene rings is 10. The standard InChI is InChI=1S/4C15H15N2O2.2C12H14O6.4CH2Cl2.4Mo/c4*1-18-14-7-3-12(4-8-14)16-11-17-13-5-9-15(19-2)10-6-13;2*1-7(11(13)14)17-9-3-5-10(6-4-9)18-8(2)12(15)16;4*2-1-3;;;;/h4*3-11H,1-2H3;2*3-8H,1-2H3,(H,13,14)(H,15,16);4*1H2;;;;/q4*-1;;;;;;;4*+2/p-4/t;;;;2*7-,8-;;;;;;;;/m....11......../s1. The Kier molecular flexibility index (Phi) is 76.8. The second kappa shape index (κ2) is 78.7. The molecule has 0 amide bonds. The quantitative estimate of drug-likeness (QED) is 0.0163. The van der Waals surface area contributed by atoms with E-state index in [0.717, 1.165) is 91.5 Å². The van der Waals surface area contributed by atoms with Crippen molar-refractivity contribution in [2.24, 2.45) is 20.0 Å². The number of ether oxygens (including phenoxy) is 12. The SMILES string of the molecule is COc1ccc(N=C[N-]c2ccc(OC)cc2)cc1.COc1ccc(N=C[N-]c2ccc(OC)cc2)cc1.COc1ccc(N=C[N-]c2ccc(OC)cc2)cc1.COc1ccc(N=C[N-]c2ccc(OC)cc2)cc1.C[C@@H](Oc1ccc(O[C@H](C)C(=O)[O-])cc1)C(=O)[O-].C[C@@H](Oc1ccc(O[C@H](C)C(=O)[O-])cc1)C(=O)[O-].ClCCl.ClCCl.ClCCl.ClCCl.[Mo+2].[Mo+2].[Mo+2].[Mo+2]. The molecule has 128 heavy (non-hydrogen) atoms. The molecule has 28 nitrogen and oxygen atoms in total. The van der Waals surface area contributed by atoms with Gasteiger partial charge in [0.05, 0.1) is 102 Å². The van der Waals surface area contributed by atoms with Crippen molar-refractivity contribution in [3.05, 3.63) is 264 Å². The van der Waals surface area contributed by atoms with E-state index in [9.17, 15) is 39.6 Å². The smallest absolute Gasteiger partial charge is 0.546 e. The van der Waals surface area contributed by atoms with E-state index >= 15 is 0 Å². The van der Waals surface area contributed by atoms with Crippen LogP contribution in [0.2, 0.25) is 0 Å². The largest absolute Gasteiger partial charge is 2.00 e. The summed E-state index contributed by atoms with van der Waals surface area (Å²) in [5.74, 6) is 2.49. The van der Waals surface area contributed by atoms with Crippen LogP contribution in [0.5, 0.6) is 69.0 Å². The van der Waals surface area contributed by atoms with Gasteiger partial charge in [-0.2, -0.15) is 0 Å². The third-order valence-corrected chi connectivity index (χ3v) is 14.5. The Bertz CT molecular complexity index is 4050. The molecule has 0 N–H and O–H groups in total. The van der Waals surface area contributed by atoms with Crippen LogP contribution in [0.1, 0.15) is 27.7 Å². The second-order valence-electron chi connectivity index (χ2n) is 22.7. The van der Waals surface area contributed by atoms with Gasteiger partial charge < -0.3 is 138 Å². The third kappa shape index (κ3) is 59.0. The number of carbonyl (C=O) groups is 4. The van der Waals surface area contributed by atoms with E-state index in [4.69, 9.17) is 150 Å². The first-order chi connectivity index (χ1) is 59.7. The minimum atomic E-state index is -1.32. The number of rotatable bonds is 32. The number of halogens is 8. The number of aliphatic imine (C=N–C) groups is 4. The fourth-order valence-electron chi connectivity index (χ4n) is 8.20. The van der Waals surface area contributed by atoms with E-state index in [1.165, 1.54) is 102 Å². The monoisotopic (exact) mass is 2250 g/mol. The van der Waals surface area contributed by atoms with Gasteiger partial charge >= 0.3 is 84.3 Å². The summed E-state index contributed by atoms with van der Waals surface area (Å²) in [7, 11) is 13.1. The molecule has 0 heterocycles. The molecule has 0 aliphatic rings. The molecule has 0 spiro atoms. The summed E-state index contributed by atoms with van der Waals surface area (Å²) in [5, 5.41) is 59.6. The molecule has 10 aromatic rings. The molecule has 4 atom stereocenters. The zero-order chi connectivity index (χ0) is 92.2. The van der Waals surface area contributed by atoms with E-state index in [1.54, 1.807) is 56.9 Å². The van der Waals surface area contributed by atoms with Crippen LogP contribution in [0.4, 0.5) is 45.5 Å². The number of hydrogen-bond acceptors (Lipinski definition) is 24. The molecule has 10 aromatic carbocycles. The van der Waals surface area contributed by atoms with E-state index in [2.05, 4.69) is 41.2 Å². The van der Waals surface area contributed by atoms with E-state index in [-0.39, 0.29) is 106 Å². The predicted octanol–water partition coefficient (Wildman–Crippen LogP) is 19.4. The molecule has 0 saturated heterocycles. The van der Waals surface area contributed by atoms with Gasteiger partial charge in [-0.15, -0.1) is 92.8 Å². The minimum absolute atomic E-state index is 0. The molecule has 40 heteroatoms. The first-order valence-corrected chi connectivity index (χ1v) is 40.2. The van der Waals surface area contributed by atoms with Gasteiger partial charge in [0.2, 0.25) is 0 Å². The van der Waals surface area contributed by atoms with Crippen LogP contribution in [0.25, 0.3) is 21.3 Å². The molecular formula is C88H92Cl8Mo4N8O20. The molecule has 0 unspecified atom stereocenters. The predicted molar refractivity (Wildman–Crippen MR) is 488 cm³/mol. The Labute approximate surface area is 843 Å². The van der Waals surface area contributed by atoms with Crippen molar-refractivity contribution in [2.75, 3.05) is 78.2 Å². The fraction of sp³-hybridized carbons (Fsp3) is 0.227. The van der Waals surface area contributed by atoms with E-state index in [0.29, 0.717) is 23.0 Å². The van der Waals surface area contributed by atoms with Crippen LogP contribution in [-0.2, 0) is 103 Å². The van der Waals surface area contributed by atoms with Crippen LogP contribution in [0, 0.1) is 0 Å². The van der Waals surface area contributed by atoms with Crippen molar-refractivity contribution >= 4 is 188 Å². The van der Waals surface area contributed by atoms with Gasteiger partial charge in [-0.1, -0.05) is 122 Å². The van der Waals surface area contributed by atoms with Gasteiger partial charge in [0.1, 0.15) is 93.4 Å². The molecule has 0 fully saturated rings. The van der Waals surface area contributed by atoms with Gasteiger partial charge in [0.15, 0.2) is 0 Å². The first-order valence-electron chi connectivity index (χ1n) is 36.0. The number of nitrogens with zero attached hydrogens (tertiary/aromatic N) is 8. The molecule has 0 aromatic heterocycles. The first kappa shape index (κ1) is 125. The summed E-state index contributed by atoms with van der Waals surface area (Å²) in [6.45, 7) is 5.38. The average Bonchev–Trinajstić information content (AvgIpc) is 0.892. The maximum atomic E-state index is 10.5. The summed E-state index contributed by atoms with van der Waals surface area (Å²) in [6, 6.07) is 71.5. The van der Waals surface area contributed by atoms with Crippen molar-refractivity contribution in [2.45, 2.75) is 52.1 Å². The Balaban J connectivity index is -0.000000698. The van der Waals surface area contributed by atoms with Crippen molar-refractivity contribution in [3.63, 3.8) is 0 Å². The number of carboxylic acid groups (broad SMARTS) is 4. The molecule has 0 radical (unpaired) electrons. The number of aliphatic carboxylic acids is 4. The summed E-state index contributed by atoms with van der Waals surface area (Å²) >= 11 is 38.1. The minimum Gasteiger partial charge on any atom is -0.546 e. The van der Waals surface area contributed by atoms with Gasteiger partial charge in [-0.05, 0) is 219 Å². The van der Waals surface area contributed by atoms with Crippen LogP contribution in [-0.4, -0.2) is 152 Å². The van der Waals surface area contributed by atoms with Crippen LogP contribution >= 0.6 is 92.8 Å². The number of alkyl halides is 8. The summed E-state index contributed by atoms with van der Waals surface area (Å²) in [6.07, 6.45) is 1.84. The van der Waals surface area contributed by atoms with Crippen molar-refractivity contribution < 1.29 is 181 Å². The Hall–Kier alpha value is -9.37. The van der Waals surface area contributed by atoms with Crippen LogP contribution in [0.15, 0.2) is 263 Å². The van der Waals surface area contributed by atoms with Crippen molar-refractivity contribution in [3.8, 4) is 69.0 Å². The number of carbonyl (C=O) groups excluding carboxylic acids is 4. The van der Waals surface area contributed by atoms with Gasteiger partial charge in [-0.25, -0.2) is 0 Å². The third-order valence-electron chi connectivity index (χ3n) is 14.5. The molecule has 10 rings (SSSR count). The van der Waals surface area contributed by atoms with Gasteiger partial charge in [0.25, 0.3) is 0 Å². The number of hydrogen-bond donors (Lipinski definition) is 0. The zero-order valence-electron chi connectivity index (χ0n) is 70.9.